The van der Waals surface area contributed by atoms with Crippen molar-refractivity contribution >= 4 is 27.5 Å². The number of hydrogen-bond donors (Lipinski definition) is 3. The molecular formula is C35H48N4O6S. The summed E-state index contributed by atoms with van der Waals surface area (Å²) in [6.07, 6.45) is -0.999. The summed E-state index contributed by atoms with van der Waals surface area (Å²) < 4.78 is 28.8. The van der Waals surface area contributed by atoms with Crippen molar-refractivity contribution in [3.05, 3.63) is 95.1 Å². The number of nitrogens with one attached hydrogen (secondary N) is 1. The number of likely N-dealkylation sites (N-methyl/N-ethyl adjacent to an activating group) is 1. The van der Waals surface area contributed by atoms with Gasteiger partial charge in [-0.15, -0.1) is 0 Å². The van der Waals surface area contributed by atoms with Crippen molar-refractivity contribution in [2.24, 2.45) is 5.92 Å². The highest BCUT2D eigenvalue weighted by Gasteiger charge is 2.32. The van der Waals surface area contributed by atoms with Gasteiger partial charge in [-0.25, -0.2) is 8.42 Å². The van der Waals surface area contributed by atoms with E-state index in [4.69, 9.17) is 0 Å². The highest BCUT2D eigenvalue weighted by molar-refractivity contribution is 7.89. The number of carbonyl (C=O) groups is 2. The number of amides is 2. The molecule has 0 aliphatic heterocycles. The van der Waals surface area contributed by atoms with Gasteiger partial charge in [0.2, 0.25) is 21.8 Å². The van der Waals surface area contributed by atoms with Gasteiger partial charge in [0.15, 0.2) is 0 Å². The van der Waals surface area contributed by atoms with Crippen LogP contribution in [0.1, 0.15) is 36.1 Å². The Kier molecular flexibility index (Phi) is 13.3. The van der Waals surface area contributed by atoms with Gasteiger partial charge in [-0.05, 0) is 60.6 Å². The summed E-state index contributed by atoms with van der Waals surface area (Å²) in [7, 11) is -0.684. The molecule has 0 saturated carbocycles. The van der Waals surface area contributed by atoms with Crippen LogP contribution in [0.2, 0.25) is 0 Å². The minimum Gasteiger partial charge on any atom is -0.392 e. The molecule has 3 aromatic rings. The van der Waals surface area contributed by atoms with E-state index >= 15 is 0 Å². The van der Waals surface area contributed by atoms with Crippen molar-refractivity contribution in [1.82, 2.24) is 14.5 Å². The normalized spacial score (nSPS) is 13.0. The van der Waals surface area contributed by atoms with E-state index in [0.29, 0.717) is 5.56 Å². The molecule has 0 bridgehead atoms. The first-order valence-corrected chi connectivity index (χ1v) is 16.9. The van der Waals surface area contributed by atoms with Crippen LogP contribution < -0.4 is 10.2 Å². The number of rotatable bonds is 16. The molecule has 0 saturated heterocycles. The van der Waals surface area contributed by atoms with Crippen molar-refractivity contribution in [3.8, 4) is 0 Å². The van der Waals surface area contributed by atoms with Crippen molar-refractivity contribution in [3.63, 3.8) is 0 Å². The van der Waals surface area contributed by atoms with E-state index in [1.807, 2.05) is 76.2 Å². The molecule has 0 fully saturated rings. The Hall–Kier alpha value is -3.77. The number of carbonyl (C=O) groups excluding carboxylic acids is 2. The lowest BCUT2D eigenvalue weighted by Crippen LogP contribution is -2.53. The first-order valence-electron chi connectivity index (χ1n) is 15.5. The van der Waals surface area contributed by atoms with Crippen molar-refractivity contribution in [2.75, 3.05) is 45.2 Å². The minimum atomic E-state index is -4.01. The molecular weight excluding hydrogens is 604 g/mol. The first kappa shape index (κ1) is 36.7. The molecule has 11 heteroatoms. The molecule has 0 heterocycles. The zero-order chi connectivity index (χ0) is 34.0. The molecule has 0 aliphatic rings. The van der Waals surface area contributed by atoms with Gasteiger partial charge >= 0.3 is 0 Å². The van der Waals surface area contributed by atoms with E-state index in [0.717, 1.165) is 22.4 Å². The number of aryl methyl sites for hydroxylation is 2. The zero-order valence-corrected chi connectivity index (χ0v) is 28.5. The third-order valence-electron chi connectivity index (χ3n) is 7.73. The molecule has 0 spiro atoms. The molecule has 46 heavy (non-hydrogen) atoms. The molecule has 2 atom stereocenters. The molecule has 2 amide bonds. The molecule has 250 valence electrons. The smallest absolute Gasteiger partial charge is 0.243 e. The molecule has 10 nitrogen and oxygen atoms in total. The fourth-order valence-electron chi connectivity index (χ4n) is 5.33. The molecule has 3 rings (SSSR count). The maximum absolute atomic E-state index is 13.8. The Balaban J connectivity index is 1.91. The summed E-state index contributed by atoms with van der Waals surface area (Å²) in [6.45, 7) is 7.17. The number of hydrogen-bond acceptors (Lipinski definition) is 7. The lowest BCUT2D eigenvalue weighted by atomic mass is 10.0. The summed E-state index contributed by atoms with van der Waals surface area (Å²) in [6, 6.07) is 20.3. The number of aliphatic hydroxyl groups is 2. The van der Waals surface area contributed by atoms with E-state index in [-0.39, 0.29) is 55.9 Å². The number of aliphatic hydroxyl groups excluding tert-OH is 2. The van der Waals surface area contributed by atoms with E-state index < -0.39 is 28.1 Å². The predicted octanol–water partition coefficient (Wildman–Crippen LogP) is 3.13. The number of benzene rings is 3. The fourth-order valence-corrected chi connectivity index (χ4v) is 6.95. The van der Waals surface area contributed by atoms with E-state index in [2.05, 4.69) is 5.32 Å². The maximum Gasteiger partial charge on any atom is 0.243 e. The van der Waals surface area contributed by atoms with Crippen LogP contribution >= 0.6 is 0 Å². The van der Waals surface area contributed by atoms with Gasteiger partial charge in [0.1, 0.15) is 0 Å². The Morgan fingerprint density at radius 1 is 0.826 bits per heavy atom. The van der Waals surface area contributed by atoms with Crippen LogP contribution in [-0.4, -0.2) is 92.1 Å². The standard InChI is InChI=1S/C35H48N4O6S/c1-25(2)20-39(46(44,45)30-17-15-29(24-40)16-18-30)21-32(41)31(19-28-13-8-7-9-14-28)36-33(42)22-38(23-34(43)37(5)6)35-26(3)11-10-12-27(35)4/h7-18,25,31-32,40-41H,19-24H2,1-6H3,(H,36,42)/t31-,32-/m0/s1. The zero-order valence-electron chi connectivity index (χ0n) is 27.7. The lowest BCUT2D eigenvalue weighted by molar-refractivity contribution is -0.127. The van der Waals surface area contributed by atoms with E-state index in [9.17, 15) is 28.2 Å². The third-order valence-corrected chi connectivity index (χ3v) is 9.57. The van der Waals surface area contributed by atoms with Gasteiger partial charge in [0.25, 0.3) is 0 Å². The number of para-hydroxylation sites is 1. The second-order valence-corrected chi connectivity index (χ2v) is 14.3. The fraction of sp³-hybridized carbons (Fsp3) is 0.429. The van der Waals surface area contributed by atoms with Crippen molar-refractivity contribution in [1.29, 1.82) is 0 Å². The van der Waals surface area contributed by atoms with Crippen LogP contribution in [0.25, 0.3) is 0 Å². The lowest BCUT2D eigenvalue weighted by Gasteiger charge is -2.32. The second kappa shape index (κ2) is 16.7. The summed E-state index contributed by atoms with van der Waals surface area (Å²) in [5, 5.41) is 24.0. The molecule has 0 radical (unpaired) electrons. The Labute approximate surface area is 273 Å². The van der Waals surface area contributed by atoms with Gasteiger partial charge in [0.05, 0.1) is 36.7 Å². The second-order valence-electron chi connectivity index (χ2n) is 12.3. The minimum absolute atomic E-state index is 0.0203. The average molecular weight is 653 g/mol. The van der Waals surface area contributed by atoms with Crippen molar-refractivity contribution in [2.45, 2.75) is 57.8 Å². The maximum atomic E-state index is 13.8. The molecule has 0 aliphatic carbocycles. The Morgan fingerprint density at radius 3 is 1.98 bits per heavy atom. The number of nitrogens with zero attached hydrogens (tertiary/aromatic N) is 3. The van der Waals surface area contributed by atoms with Crippen LogP contribution in [0.3, 0.4) is 0 Å². The van der Waals surface area contributed by atoms with Gasteiger partial charge in [-0.3, -0.25) is 9.59 Å². The van der Waals surface area contributed by atoms with Crippen LogP contribution in [0.5, 0.6) is 0 Å². The van der Waals surface area contributed by atoms with Gasteiger partial charge in [0, 0.05) is 32.9 Å². The van der Waals surface area contributed by atoms with Gasteiger partial charge < -0.3 is 25.3 Å². The molecule has 0 unspecified atom stereocenters. The topological polar surface area (TPSA) is 130 Å². The summed E-state index contributed by atoms with van der Waals surface area (Å²) in [4.78, 5) is 29.8. The largest absolute Gasteiger partial charge is 0.392 e. The average Bonchev–Trinajstić information content (AvgIpc) is 3.00. The summed E-state index contributed by atoms with van der Waals surface area (Å²) in [5.74, 6) is -0.620. The first-order chi connectivity index (χ1) is 21.7. The Bertz CT molecular complexity index is 1520. The molecule has 3 aromatic carbocycles. The summed E-state index contributed by atoms with van der Waals surface area (Å²) in [5.41, 5.74) is 4.07. The monoisotopic (exact) mass is 652 g/mol. The van der Waals surface area contributed by atoms with Crippen LogP contribution in [-0.2, 0) is 32.6 Å². The molecule has 0 aromatic heterocycles. The van der Waals surface area contributed by atoms with Crippen LogP contribution in [0.4, 0.5) is 5.69 Å². The van der Waals surface area contributed by atoms with Gasteiger partial charge in [-0.2, -0.15) is 4.31 Å². The summed E-state index contributed by atoms with van der Waals surface area (Å²) >= 11 is 0. The predicted molar refractivity (Wildman–Crippen MR) is 181 cm³/mol. The van der Waals surface area contributed by atoms with Crippen LogP contribution in [0.15, 0.2) is 77.7 Å². The van der Waals surface area contributed by atoms with Crippen molar-refractivity contribution < 1.29 is 28.2 Å². The quantitative estimate of drug-likeness (QED) is 0.217. The van der Waals surface area contributed by atoms with E-state index in [1.165, 1.54) is 21.3 Å². The van der Waals surface area contributed by atoms with Crippen LogP contribution in [0, 0.1) is 19.8 Å². The van der Waals surface area contributed by atoms with Gasteiger partial charge in [-0.1, -0.05) is 74.5 Å². The number of sulfonamides is 1. The highest BCUT2D eigenvalue weighted by Crippen LogP contribution is 2.25. The molecule has 3 N–H and O–H groups in total. The SMILES string of the molecule is Cc1cccc(C)c1N(CC(=O)N[C@@H](Cc1ccccc1)[C@@H](O)CN(CC(C)C)S(=O)(=O)c1ccc(CO)cc1)CC(=O)N(C)C. The highest BCUT2D eigenvalue weighted by atomic mass is 32.2. The van der Waals surface area contributed by atoms with E-state index in [1.54, 1.807) is 31.1 Å². The Morgan fingerprint density at radius 2 is 1.43 bits per heavy atom. The number of anilines is 1. The third kappa shape index (κ3) is 10.1.